The van der Waals surface area contributed by atoms with Crippen LogP contribution in [0.5, 0.6) is 0 Å². The number of hydrogen-bond acceptors (Lipinski definition) is 2. The molecule has 0 N–H and O–H groups in total. The Hall–Kier alpha value is -14.4. The van der Waals surface area contributed by atoms with Crippen molar-refractivity contribution in [1.82, 2.24) is 18.3 Å². The molecule has 0 spiro atoms. The molecule has 0 atom stereocenters. The van der Waals surface area contributed by atoms with E-state index in [1.54, 1.807) is 0 Å². The van der Waals surface area contributed by atoms with Gasteiger partial charge in [0.2, 0.25) is 0 Å². The molecule has 6 heterocycles. The molecule has 0 aliphatic carbocycles. The molecular weight excluding hydrogens is 1420 g/mol. The van der Waals surface area contributed by atoms with Crippen LogP contribution < -0.4 is 0 Å². The molecule has 0 fully saturated rings. The second-order valence-corrected chi connectivity index (χ2v) is 32.4. The molecule has 6 aromatic heterocycles. The van der Waals surface area contributed by atoms with Gasteiger partial charge < -0.3 is 18.3 Å². The molecule has 0 amide bonds. The minimum atomic E-state index is 1.12. The summed E-state index contributed by atoms with van der Waals surface area (Å²) in [5, 5.41) is 15.0. The number of hydrogen-bond donors (Lipinski definition) is 0. The Balaban J connectivity index is 0.567. The quantitative estimate of drug-likeness (QED) is 0.123. The second kappa shape index (κ2) is 25.6. The van der Waals surface area contributed by atoms with Gasteiger partial charge in [0.1, 0.15) is 0 Å². The third-order valence-corrected chi connectivity index (χ3v) is 26.2. The van der Waals surface area contributed by atoms with Crippen molar-refractivity contribution < 1.29 is 0 Å². The van der Waals surface area contributed by atoms with E-state index >= 15 is 0 Å². The van der Waals surface area contributed by atoms with Gasteiger partial charge in [0.25, 0.3) is 0 Å². The molecular formula is C108H66N4S2. The van der Waals surface area contributed by atoms with E-state index in [0.717, 1.165) is 56.1 Å². The zero-order valence-corrected chi connectivity index (χ0v) is 63.3. The highest BCUT2D eigenvalue weighted by Crippen LogP contribution is 2.49. The third-order valence-electron chi connectivity index (χ3n) is 23.9. The molecule has 0 saturated heterocycles. The van der Waals surface area contributed by atoms with E-state index in [-0.39, 0.29) is 0 Å². The average Bonchev–Trinajstić information content (AvgIpc) is 1.55. The van der Waals surface area contributed by atoms with E-state index in [1.807, 2.05) is 22.7 Å². The Morgan fingerprint density at radius 1 is 0.149 bits per heavy atom. The van der Waals surface area contributed by atoms with Gasteiger partial charge in [0.15, 0.2) is 0 Å². The summed E-state index contributed by atoms with van der Waals surface area (Å²) in [6.07, 6.45) is 0. The lowest BCUT2D eigenvalue weighted by atomic mass is 9.96. The summed E-state index contributed by atoms with van der Waals surface area (Å²) in [5.74, 6) is 0. The zero-order chi connectivity index (χ0) is 74.6. The maximum atomic E-state index is 2.53. The summed E-state index contributed by atoms with van der Waals surface area (Å²) < 4.78 is 15.1. The molecule has 4 nitrogen and oxygen atoms in total. The van der Waals surface area contributed by atoms with Crippen molar-refractivity contribution in [2.75, 3.05) is 0 Å². The highest BCUT2D eigenvalue weighted by atomic mass is 32.1. The van der Waals surface area contributed by atoms with Crippen LogP contribution >= 0.6 is 22.7 Å². The maximum Gasteiger partial charge on any atom is 0.0719 e. The smallest absolute Gasteiger partial charge is 0.0719 e. The van der Waals surface area contributed by atoms with Crippen molar-refractivity contribution in [1.29, 1.82) is 0 Å². The number of para-hydroxylation sites is 2. The minimum absolute atomic E-state index is 1.12. The summed E-state index contributed by atoms with van der Waals surface area (Å²) in [6, 6.07) is 149. The summed E-state index contributed by atoms with van der Waals surface area (Å²) in [6.45, 7) is 0. The Bertz CT molecular complexity index is 8120. The number of thiophene rings is 2. The molecule has 0 aliphatic rings. The van der Waals surface area contributed by atoms with Gasteiger partial charge in [-0.05, 0) is 217 Å². The first-order valence-electron chi connectivity index (χ1n) is 39.1. The number of nitrogens with zero attached hydrogens (tertiary/aromatic N) is 4. The van der Waals surface area contributed by atoms with Crippen LogP contribution in [0.25, 0.3) is 228 Å². The number of aromatic nitrogens is 4. The third kappa shape index (κ3) is 10.1. The lowest BCUT2D eigenvalue weighted by Crippen LogP contribution is -1.95. The molecule has 0 aliphatic heterocycles. The van der Waals surface area contributed by atoms with Crippen molar-refractivity contribution in [3.8, 4) is 101 Å². The van der Waals surface area contributed by atoms with Crippen LogP contribution in [0, 0.1) is 0 Å². The largest absolute Gasteiger partial charge is 0.309 e. The monoisotopic (exact) mass is 1480 g/mol. The zero-order valence-electron chi connectivity index (χ0n) is 61.7. The van der Waals surface area contributed by atoms with Crippen LogP contribution in [0.3, 0.4) is 0 Å². The van der Waals surface area contributed by atoms with Crippen LogP contribution in [-0.4, -0.2) is 18.3 Å². The summed E-state index contributed by atoms with van der Waals surface area (Å²) in [4.78, 5) is 0. The molecule has 24 aromatic rings. The van der Waals surface area contributed by atoms with Crippen molar-refractivity contribution in [3.05, 3.63) is 400 Å². The SMILES string of the molecule is c1ccc(-c2cccc(-n3c4ccccc4c4cc(-c5ccc6c(c5)c5ccc7c8ccccc8sc7c5n6-c5cccc(-c6cccc(-c7cccc(-c8cccc(-n9c%10ccccc%10c%10cc(-c%11ccc%12c(c%11)c%11ccc%13sc%14ccccc%14c%13c%11n%12-c%11cccc(-c%12ccccc%12)c%11)ccc%109)c8)c7)c6)c5)ccc43)c2)cc1. The Kier molecular flexibility index (Phi) is 14.5. The second-order valence-electron chi connectivity index (χ2n) is 30.3. The van der Waals surface area contributed by atoms with Gasteiger partial charge in [-0.2, -0.15) is 0 Å². The Morgan fingerprint density at radius 3 is 0.930 bits per heavy atom. The fourth-order valence-corrected chi connectivity index (χ4v) is 21.0. The molecule has 114 heavy (non-hydrogen) atoms. The molecule has 0 saturated carbocycles. The molecule has 24 rings (SSSR count). The molecule has 0 unspecified atom stereocenters. The standard InChI is InChI=1S/C108H66N4S2/c1-3-21-67(22-4-1)73-29-17-33-81(59-73)109-96-41-11-7-37-85(96)92-64-78(46-52-98(92)109)80-48-55-101-95(66-80)89-49-50-90-87-39-9-13-43-102(87)114-108(90)107(89)112(101)84-36-20-32-76(62-84)72-28-16-26-70(58-72)69-25-15-27-71(57-69)75-31-19-34-82(61-75)110-97-42-12-8-38-86(97)93-63-77(45-53-99(93)110)79-47-54-100-94(65-79)88-51-56-104-105(91-40-10-14-44-103(91)113-104)106(88)111(100)83-35-18-30-74(60-83)68-23-5-2-6-24-68/h1-66H. The van der Waals surface area contributed by atoms with E-state index in [2.05, 4.69) is 419 Å². The minimum Gasteiger partial charge on any atom is -0.309 e. The number of fused-ring (bicyclic) bond motifs is 20. The van der Waals surface area contributed by atoms with Crippen LogP contribution in [0.2, 0.25) is 0 Å². The molecule has 0 radical (unpaired) electrons. The number of benzene rings is 18. The first-order valence-corrected chi connectivity index (χ1v) is 40.7. The highest BCUT2D eigenvalue weighted by Gasteiger charge is 2.24. The van der Waals surface area contributed by atoms with Crippen molar-refractivity contribution >= 4 is 150 Å². The highest BCUT2D eigenvalue weighted by molar-refractivity contribution is 7.27. The van der Waals surface area contributed by atoms with Crippen molar-refractivity contribution in [3.63, 3.8) is 0 Å². The van der Waals surface area contributed by atoms with Gasteiger partial charge in [0, 0.05) is 101 Å². The molecule has 6 heteroatoms. The Morgan fingerprint density at radius 2 is 0.456 bits per heavy atom. The van der Waals surface area contributed by atoms with Crippen molar-refractivity contribution in [2.24, 2.45) is 0 Å². The Labute approximate surface area is 664 Å². The van der Waals surface area contributed by atoms with Crippen LogP contribution in [0.15, 0.2) is 400 Å². The predicted octanol–water partition coefficient (Wildman–Crippen LogP) is 30.5. The van der Waals surface area contributed by atoms with Gasteiger partial charge in [-0.25, -0.2) is 0 Å². The summed E-state index contributed by atoms with van der Waals surface area (Å²) in [7, 11) is 0. The molecule has 0 bridgehead atoms. The summed E-state index contributed by atoms with van der Waals surface area (Å²) in [5.41, 5.74) is 30.6. The van der Waals surface area contributed by atoms with E-state index in [0.29, 0.717) is 0 Å². The van der Waals surface area contributed by atoms with Gasteiger partial charge in [-0.15, -0.1) is 22.7 Å². The van der Waals surface area contributed by atoms with E-state index in [4.69, 9.17) is 0 Å². The van der Waals surface area contributed by atoms with Gasteiger partial charge in [-0.3, -0.25) is 0 Å². The fourth-order valence-electron chi connectivity index (χ4n) is 18.7. The van der Waals surface area contributed by atoms with Crippen molar-refractivity contribution in [2.45, 2.75) is 0 Å². The lowest BCUT2D eigenvalue weighted by Gasteiger charge is -2.13. The van der Waals surface area contributed by atoms with E-state index in [1.165, 1.54) is 172 Å². The normalized spacial score (nSPS) is 12.0. The van der Waals surface area contributed by atoms with Gasteiger partial charge >= 0.3 is 0 Å². The average molecular weight is 1480 g/mol. The molecule has 18 aromatic carbocycles. The first-order chi connectivity index (χ1) is 56.5. The van der Waals surface area contributed by atoms with Crippen LogP contribution in [-0.2, 0) is 0 Å². The topological polar surface area (TPSA) is 19.7 Å². The molecule has 530 valence electrons. The van der Waals surface area contributed by atoms with Gasteiger partial charge in [0.05, 0.1) is 48.8 Å². The maximum absolute atomic E-state index is 2.53. The summed E-state index contributed by atoms with van der Waals surface area (Å²) >= 11 is 3.77. The van der Waals surface area contributed by atoms with Gasteiger partial charge in [-0.1, -0.05) is 261 Å². The first kappa shape index (κ1) is 64.4. The lowest BCUT2D eigenvalue weighted by molar-refractivity contribution is 1.18. The van der Waals surface area contributed by atoms with E-state index < -0.39 is 0 Å². The van der Waals surface area contributed by atoms with Crippen LogP contribution in [0.4, 0.5) is 0 Å². The predicted molar refractivity (Wildman–Crippen MR) is 488 cm³/mol. The van der Waals surface area contributed by atoms with Crippen LogP contribution in [0.1, 0.15) is 0 Å². The fraction of sp³-hybridized carbons (Fsp3) is 0. The van der Waals surface area contributed by atoms with E-state index in [9.17, 15) is 0 Å². The number of rotatable bonds is 11.